The SMILES string of the molecule is CC1CN(C(C)CC2COCCN2)CC1C. The van der Waals surface area contributed by atoms with Gasteiger partial charge in [0.2, 0.25) is 0 Å². The van der Waals surface area contributed by atoms with Crippen LogP contribution in [0.4, 0.5) is 0 Å². The van der Waals surface area contributed by atoms with Crippen LogP contribution in [0.1, 0.15) is 27.2 Å². The highest BCUT2D eigenvalue weighted by Gasteiger charge is 2.30. The molecule has 0 saturated carbocycles. The van der Waals surface area contributed by atoms with Crippen molar-refractivity contribution in [2.75, 3.05) is 32.8 Å². The zero-order chi connectivity index (χ0) is 11.5. The molecule has 0 aromatic heterocycles. The second-order valence-electron chi connectivity index (χ2n) is 5.72. The normalized spacial score (nSPS) is 38.8. The largest absolute Gasteiger partial charge is 0.379 e. The van der Waals surface area contributed by atoms with Crippen LogP contribution in [0.2, 0.25) is 0 Å². The molecular formula is C13H26N2O. The molecule has 0 amide bonds. The van der Waals surface area contributed by atoms with Gasteiger partial charge in [0.15, 0.2) is 0 Å². The van der Waals surface area contributed by atoms with Crippen molar-refractivity contribution in [3.63, 3.8) is 0 Å². The molecule has 3 heteroatoms. The monoisotopic (exact) mass is 226 g/mol. The molecule has 4 atom stereocenters. The van der Waals surface area contributed by atoms with E-state index >= 15 is 0 Å². The van der Waals surface area contributed by atoms with Crippen molar-refractivity contribution in [1.82, 2.24) is 10.2 Å². The van der Waals surface area contributed by atoms with Gasteiger partial charge in [0.25, 0.3) is 0 Å². The second kappa shape index (κ2) is 5.48. The zero-order valence-corrected chi connectivity index (χ0v) is 10.9. The lowest BCUT2D eigenvalue weighted by Crippen LogP contribution is -2.45. The Morgan fingerprint density at radius 1 is 1.31 bits per heavy atom. The first-order chi connectivity index (χ1) is 7.66. The summed E-state index contributed by atoms with van der Waals surface area (Å²) in [5.41, 5.74) is 0. The van der Waals surface area contributed by atoms with Crippen LogP contribution in [-0.4, -0.2) is 49.8 Å². The van der Waals surface area contributed by atoms with Gasteiger partial charge in [0.05, 0.1) is 13.2 Å². The summed E-state index contributed by atoms with van der Waals surface area (Å²) in [5, 5.41) is 3.54. The predicted molar refractivity (Wildman–Crippen MR) is 66.6 cm³/mol. The number of likely N-dealkylation sites (tertiary alicyclic amines) is 1. The summed E-state index contributed by atoms with van der Waals surface area (Å²) in [6, 6.07) is 1.25. The van der Waals surface area contributed by atoms with Crippen LogP contribution in [0.25, 0.3) is 0 Å². The molecule has 16 heavy (non-hydrogen) atoms. The fourth-order valence-electron chi connectivity index (χ4n) is 2.87. The number of nitrogens with one attached hydrogen (secondary N) is 1. The molecule has 1 N–H and O–H groups in total. The van der Waals surface area contributed by atoms with Gasteiger partial charge in [0.1, 0.15) is 0 Å². The van der Waals surface area contributed by atoms with Crippen LogP contribution in [0.5, 0.6) is 0 Å². The highest BCUT2D eigenvalue weighted by atomic mass is 16.5. The Labute approximate surface area is 99.5 Å². The summed E-state index contributed by atoms with van der Waals surface area (Å²) in [6.07, 6.45) is 1.22. The van der Waals surface area contributed by atoms with Crippen molar-refractivity contribution in [3.8, 4) is 0 Å². The topological polar surface area (TPSA) is 24.5 Å². The van der Waals surface area contributed by atoms with Crippen molar-refractivity contribution >= 4 is 0 Å². The molecular weight excluding hydrogens is 200 g/mol. The molecule has 2 rings (SSSR count). The van der Waals surface area contributed by atoms with Crippen molar-refractivity contribution in [2.24, 2.45) is 11.8 Å². The Balaban J connectivity index is 1.76. The Bertz CT molecular complexity index is 206. The van der Waals surface area contributed by atoms with Crippen LogP contribution >= 0.6 is 0 Å². The van der Waals surface area contributed by atoms with E-state index in [0.29, 0.717) is 12.1 Å². The van der Waals surface area contributed by atoms with Crippen molar-refractivity contribution in [1.29, 1.82) is 0 Å². The maximum atomic E-state index is 5.51. The minimum Gasteiger partial charge on any atom is -0.379 e. The number of rotatable bonds is 3. The smallest absolute Gasteiger partial charge is 0.0620 e. The Hall–Kier alpha value is -0.120. The molecule has 2 saturated heterocycles. The predicted octanol–water partition coefficient (Wildman–Crippen LogP) is 1.34. The van der Waals surface area contributed by atoms with E-state index in [1.807, 2.05) is 0 Å². The van der Waals surface area contributed by atoms with Gasteiger partial charge in [-0.1, -0.05) is 13.8 Å². The van der Waals surface area contributed by atoms with Crippen LogP contribution in [0.15, 0.2) is 0 Å². The second-order valence-corrected chi connectivity index (χ2v) is 5.72. The maximum Gasteiger partial charge on any atom is 0.0620 e. The molecule has 2 aliphatic heterocycles. The first-order valence-electron chi connectivity index (χ1n) is 6.72. The van der Waals surface area contributed by atoms with Crippen LogP contribution in [0.3, 0.4) is 0 Å². The van der Waals surface area contributed by atoms with E-state index in [2.05, 4.69) is 31.0 Å². The van der Waals surface area contributed by atoms with E-state index in [-0.39, 0.29) is 0 Å². The number of hydrogen-bond donors (Lipinski definition) is 1. The molecule has 4 unspecified atom stereocenters. The van der Waals surface area contributed by atoms with Crippen molar-refractivity contribution in [3.05, 3.63) is 0 Å². The minimum atomic E-state index is 0.565. The maximum absolute atomic E-state index is 5.51. The van der Waals surface area contributed by atoms with E-state index < -0.39 is 0 Å². The van der Waals surface area contributed by atoms with E-state index in [1.165, 1.54) is 19.5 Å². The molecule has 0 radical (unpaired) electrons. The summed E-state index contributed by atoms with van der Waals surface area (Å²) in [5.74, 6) is 1.72. The van der Waals surface area contributed by atoms with Gasteiger partial charge in [-0.25, -0.2) is 0 Å². The molecule has 2 aliphatic rings. The molecule has 94 valence electrons. The van der Waals surface area contributed by atoms with Gasteiger partial charge in [-0.05, 0) is 25.2 Å². The average molecular weight is 226 g/mol. The molecule has 0 bridgehead atoms. The van der Waals surface area contributed by atoms with Crippen LogP contribution in [-0.2, 0) is 4.74 Å². The number of hydrogen-bond acceptors (Lipinski definition) is 3. The lowest BCUT2D eigenvalue weighted by molar-refractivity contribution is 0.0638. The van der Waals surface area contributed by atoms with Gasteiger partial charge < -0.3 is 15.0 Å². The Morgan fingerprint density at radius 2 is 2.00 bits per heavy atom. The Morgan fingerprint density at radius 3 is 2.56 bits per heavy atom. The Kier molecular flexibility index (Phi) is 4.22. The van der Waals surface area contributed by atoms with Crippen molar-refractivity contribution < 1.29 is 4.74 Å². The first kappa shape index (κ1) is 12.3. The third-order valence-electron chi connectivity index (χ3n) is 4.26. The quantitative estimate of drug-likeness (QED) is 0.786. The molecule has 3 nitrogen and oxygen atoms in total. The summed E-state index contributed by atoms with van der Waals surface area (Å²) < 4.78 is 5.51. The van der Waals surface area contributed by atoms with E-state index in [4.69, 9.17) is 4.74 Å². The third kappa shape index (κ3) is 2.96. The average Bonchev–Trinajstić information content (AvgIpc) is 2.61. The summed E-state index contributed by atoms with van der Waals surface area (Å²) in [7, 11) is 0. The first-order valence-corrected chi connectivity index (χ1v) is 6.72. The van der Waals surface area contributed by atoms with E-state index in [0.717, 1.165) is 31.6 Å². The molecule has 0 aliphatic carbocycles. The summed E-state index contributed by atoms with van der Waals surface area (Å²) in [4.78, 5) is 2.64. The lowest BCUT2D eigenvalue weighted by Gasteiger charge is -2.31. The van der Waals surface area contributed by atoms with Crippen LogP contribution < -0.4 is 5.32 Å². The molecule has 0 aromatic carbocycles. The van der Waals surface area contributed by atoms with Gasteiger partial charge in [-0.15, -0.1) is 0 Å². The van der Waals surface area contributed by atoms with E-state index in [9.17, 15) is 0 Å². The lowest BCUT2D eigenvalue weighted by atomic mass is 10.0. The fraction of sp³-hybridized carbons (Fsp3) is 1.00. The molecule has 0 aromatic rings. The summed E-state index contributed by atoms with van der Waals surface area (Å²) >= 11 is 0. The number of ether oxygens (including phenoxy) is 1. The van der Waals surface area contributed by atoms with Gasteiger partial charge in [-0.2, -0.15) is 0 Å². The highest BCUT2D eigenvalue weighted by Crippen LogP contribution is 2.25. The van der Waals surface area contributed by atoms with Crippen LogP contribution in [0, 0.1) is 11.8 Å². The van der Waals surface area contributed by atoms with Gasteiger partial charge in [-0.3, -0.25) is 0 Å². The molecule has 2 fully saturated rings. The fourth-order valence-corrected chi connectivity index (χ4v) is 2.87. The van der Waals surface area contributed by atoms with Crippen molar-refractivity contribution in [2.45, 2.75) is 39.3 Å². The zero-order valence-electron chi connectivity index (χ0n) is 10.9. The number of morpholine rings is 1. The van der Waals surface area contributed by atoms with Gasteiger partial charge >= 0.3 is 0 Å². The number of nitrogens with zero attached hydrogens (tertiary/aromatic N) is 1. The standard InChI is InChI=1S/C13H26N2O/c1-10-7-15(8-11(10)2)12(3)6-13-9-16-5-4-14-13/h10-14H,4-9H2,1-3H3. The molecule has 0 spiro atoms. The van der Waals surface area contributed by atoms with Gasteiger partial charge in [0, 0.05) is 31.7 Å². The third-order valence-corrected chi connectivity index (χ3v) is 4.26. The highest BCUT2D eigenvalue weighted by molar-refractivity contribution is 4.84. The minimum absolute atomic E-state index is 0.565. The summed E-state index contributed by atoms with van der Waals surface area (Å²) in [6.45, 7) is 12.4. The van der Waals surface area contributed by atoms with E-state index in [1.54, 1.807) is 0 Å². The molecule has 2 heterocycles.